The van der Waals surface area contributed by atoms with E-state index in [2.05, 4.69) is 33.9 Å². The number of hydrogen-bond donors (Lipinski definition) is 1. The fraction of sp³-hybridized carbons (Fsp3) is 1.00. The molecule has 0 saturated carbocycles. The Balaban J connectivity index is 2.66. The molecule has 1 heterocycles. The van der Waals surface area contributed by atoms with Crippen molar-refractivity contribution in [2.75, 3.05) is 19.8 Å². The molecule has 0 spiro atoms. The van der Waals surface area contributed by atoms with E-state index in [4.69, 9.17) is 14.9 Å². The van der Waals surface area contributed by atoms with E-state index in [-0.39, 0.29) is 10.6 Å². The van der Waals surface area contributed by atoms with Crippen molar-refractivity contribution in [3.63, 3.8) is 0 Å². The summed E-state index contributed by atoms with van der Waals surface area (Å²) in [6.45, 7) is 13.1. The smallest absolute Gasteiger partial charge is 0.193 e. The first kappa shape index (κ1) is 12.2. The molecule has 0 aromatic carbocycles. The van der Waals surface area contributed by atoms with Gasteiger partial charge in [-0.2, -0.15) is 0 Å². The molecule has 1 fully saturated rings. The van der Waals surface area contributed by atoms with E-state index < -0.39 is 8.32 Å². The van der Waals surface area contributed by atoms with Gasteiger partial charge in [0, 0.05) is 6.54 Å². The van der Waals surface area contributed by atoms with Crippen LogP contribution in [0.2, 0.25) is 18.1 Å². The average molecular weight is 217 g/mol. The molecule has 0 aliphatic carbocycles. The molecule has 1 aliphatic rings. The second-order valence-corrected chi connectivity index (χ2v) is 10.5. The van der Waals surface area contributed by atoms with E-state index in [0.29, 0.717) is 19.8 Å². The van der Waals surface area contributed by atoms with Crippen molar-refractivity contribution in [1.29, 1.82) is 0 Å². The first-order chi connectivity index (χ1) is 6.22. The van der Waals surface area contributed by atoms with Crippen molar-refractivity contribution in [2.24, 2.45) is 5.73 Å². The number of nitrogens with two attached hydrogens (primary N) is 1. The number of ether oxygens (including phenoxy) is 1. The van der Waals surface area contributed by atoms with Gasteiger partial charge in [-0.25, -0.2) is 0 Å². The molecular formula is C10H23NO2Si. The van der Waals surface area contributed by atoms with Crippen LogP contribution in [0, 0.1) is 0 Å². The summed E-state index contributed by atoms with van der Waals surface area (Å²) in [7, 11) is -1.69. The highest BCUT2D eigenvalue weighted by atomic mass is 28.4. The minimum atomic E-state index is -1.69. The minimum absolute atomic E-state index is 0.178. The van der Waals surface area contributed by atoms with Gasteiger partial charge in [0.05, 0.1) is 13.2 Å². The molecule has 0 bridgehead atoms. The van der Waals surface area contributed by atoms with E-state index in [9.17, 15) is 0 Å². The fourth-order valence-corrected chi connectivity index (χ4v) is 2.83. The average Bonchev–Trinajstić information content (AvgIpc) is 1.94. The molecule has 1 aliphatic heterocycles. The predicted octanol–water partition coefficient (Wildman–Crippen LogP) is 1.74. The molecule has 0 atom stereocenters. The summed E-state index contributed by atoms with van der Waals surface area (Å²) >= 11 is 0. The van der Waals surface area contributed by atoms with Crippen LogP contribution in [-0.2, 0) is 9.16 Å². The van der Waals surface area contributed by atoms with Crippen molar-refractivity contribution in [3.8, 4) is 0 Å². The van der Waals surface area contributed by atoms with Crippen LogP contribution < -0.4 is 5.73 Å². The van der Waals surface area contributed by atoms with Gasteiger partial charge in [-0.3, -0.25) is 0 Å². The van der Waals surface area contributed by atoms with E-state index in [1.165, 1.54) is 0 Å². The van der Waals surface area contributed by atoms with E-state index in [0.717, 1.165) is 0 Å². The Morgan fingerprint density at radius 1 is 1.36 bits per heavy atom. The molecule has 4 heteroatoms. The van der Waals surface area contributed by atoms with Crippen molar-refractivity contribution in [3.05, 3.63) is 0 Å². The molecule has 0 radical (unpaired) electrons. The molecule has 2 N–H and O–H groups in total. The second-order valence-electron chi connectivity index (χ2n) is 5.74. The lowest BCUT2D eigenvalue weighted by Gasteiger charge is -2.49. The first-order valence-corrected chi connectivity index (χ1v) is 8.11. The van der Waals surface area contributed by atoms with Crippen LogP contribution in [0.15, 0.2) is 0 Å². The Bertz CT molecular complexity index is 201. The summed E-state index contributed by atoms with van der Waals surface area (Å²) in [6, 6.07) is 0. The molecule has 14 heavy (non-hydrogen) atoms. The Hall–Kier alpha value is 0.0969. The van der Waals surface area contributed by atoms with Gasteiger partial charge in [-0.15, -0.1) is 0 Å². The monoisotopic (exact) mass is 217 g/mol. The van der Waals surface area contributed by atoms with Crippen LogP contribution in [0.3, 0.4) is 0 Å². The summed E-state index contributed by atoms with van der Waals surface area (Å²) < 4.78 is 11.5. The zero-order chi connectivity index (χ0) is 11.0. The maximum absolute atomic E-state index is 6.26. The third-order valence-electron chi connectivity index (χ3n) is 3.38. The summed E-state index contributed by atoms with van der Waals surface area (Å²) in [5.74, 6) is 0. The molecule has 84 valence electrons. The third-order valence-corrected chi connectivity index (χ3v) is 7.94. The Kier molecular flexibility index (Phi) is 3.12. The molecule has 0 aromatic heterocycles. The highest BCUT2D eigenvalue weighted by Gasteiger charge is 2.47. The van der Waals surface area contributed by atoms with E-state index >= 15 is 0 Å². The van der Waals surface area contributed by atoms with Crippen molar-refractivity contribution in [1.82, 2.24) is 0 Å². The quantitative estimate of drug-likeness (QED) is 0.732. The fourth-order valence-electron chi connectivity index (χ4n) is 1.24. The lowest BCUT2D eigenvalue weighted by atomic mass is 10.0. The van der Waals surface area contributed by atoms with Gasteiger partial charge in [0.1, 0.15) is 5.60 Å². The Morgan fingerprint density at radius 3 is 2.07 bits per heavy atom. The van der Waals surface area contributed by atoms with Crippen LogP contribution in [0.1, 0.15) is 20.8 Å². The summed E-state index contributed by atoms with van der Waals surface area (Å²) in [6.07, 6.45) is 0. The topological polar surface area (TPSA) is 44.5 Å². The highest BCUT2D eigenvalue weighted by molar-refractivity contribution is 6.74. The molecular weight excluding hydrogens is 194 g/mol. The van der Waals surface area contributed by atoms with Crippen molar-refractivity contribution in [2.45, 2.75) is 44.5 Å². The molecule has 0 aromatic rings. The largest absolute Gasteiger partial charge is 0.405 e. The van der Waals surface area contributed by atoms with Gasteiger partial charge in [0.15, 0.2) is 8.32 Å². The van der Waals surface area contributed by atoms with Gasteiger partial charge >= 0.3 is 0 Å². The maximum Gasteiger partial charge on any atom is 0.193 e. The van der Waals surface area contributed by atoms with E-state index in [1.807, 2.05) is 0 Å². The van der Waals surface area contributed by atoms with Crippen LogP contribution in [0.4, 0.5) is 0 Å². The van der Waals surface area contributed by atoms with Crippen molar-refractivity contribution < 1.29 is 9.16 Å². The number of hydrogen-bond acceptors (Lipinski definition) is 3. The van der Waals surface area contributed by atoms with Gasteiger partial charge in [-0.05, 0) is 18.1 Å². The van der Waals surface area contributed by atoms with Gasteiger partial charge in [0.2, 0.25) is 0 Å². The highest BCUT2D eigenvalue weighted by Crippen LogP contribution is 2.40. The lowest BCUT2D eigenvalue weighted by molar-refractivity contribution is -0.161. The number of rotatable bonds is 3. The van der Waals surface area contributed by atoms with E-state index in [1.54, 1.807) is 0 Å². The summed E-state index contributed by atoms with van der Waals surface area (Å²) in [5, 5.41) is 0.241. The Labute approximate surface area is 88.1 Å². The maximum atomic E-state index is 6.26. The zero-order valence-corrected chi connectivity index (χ0v) is 11.0. The normalized spacial score (nSPS) is 21.9. The molecule has 0 unspecified atom stereocenters. The lowest BCUT2D eigenvalue weighted by Crippen LogP contribution is -2.63. The molecule has 1 rings (SSSR count). The van der Waals surface area contributed by atoms with Gasteiger partial charge < -0.3 is 14.9 Å². The zero-order valence-electron chi connectivity index (χ0n) is 10.0. The summed E-state index contributed by atoms with van der Waals surface area (Å²) in [4.78, 5) is 0. The van der Waals surface area contributed by atoms with Crippen molar-refractivity contribution >= 4 is 8.32 Å². The Morgan fingerprint density at radius 2 is 1.86 bits per heavy atom. The van der Waals surface area contributed by atoms with Crippen LogP contribution >= 0.6 is 0 Å². The third kappa shape index (κ3) is 2.19. The predicted molar refractivity (Wildman–Crippen MR) is 60.9 cm³/mol. The van der Waals surface area contributed by atoms with Gasteiger partial charge in [-0.1, -0.05) is 20.8 Å². The minimum Gasteiger partial charge on any atom is -0.405 e. The SMILES string of the molecule is CC(C)(C)[Si](C)(C)OC1(CN)COC1. The van der Waals surface area contributed by atoms with Crippen LogP contribution in [-0.4, -0.2) is 33.7 Å². The second kappa shape index (κ2) is 3.59. The molecule has 3 nitrogen and oxygen atoms in total. The standard InChI is InChI=1S/C10H23NO2Si/c1-9(2,3)14(4,5)13-10(6-11)7-12-8-10/h6-8,11H2,1-5H3. The first-order valence-electron chi connectivity index (χ1n) is 5.20. The molecule has 0 amide bonds. The summed E-state index contributed by atoms with van der Waals surface area (Å²) in [5.41, 5.74) is 5.56. The van der Waals surface area contributed by atoms with Crippen LogP contribution in [0.25, 0.3) is 0 Å². The van der Waals surface area contributed by atoms with Crippen LogP contribution in [0.5, 0.6) is 0 Å². The van der Waals surface area contributed by atoms with Gasteiger partial charge in [0.25, 0.3) is 0 Å². The molecule has 1 saturated heterocycles.